The highest BCUT2D eigenvalue weighted by atomic mass is 35.5. The number of amides is 1. The molecular formula is C16H15ClN2OS. The molecule has 3 N–H and O–H groups in total. The van der Waals surface area contributed by atoms with Crippen LogP contribution in [-0.4, -0.2) is 12.5 Å². The highest BCUT2D eigenvalue weighted by Crippen LogP contribution is 2.20. The van der Waals surface area contributed by atoms with Gasteiger partial charge in [0.1, 0.15) is 0 Å². The molecule has 0 fully saturated rings. The van der Waals surface area contributed by atoms with Crippen LogP contribution in [-0.2, 0) is 0 Å². The molecule has 1 heterocycles. The number of benzene rings is 1. The number of carbonyl (C=O) groups is 1. The molecule has 21 heavy (non-hydrogen) atoms. The van der Waals surface area contributed by atoms with E-state index < -0.39 is 0 Å². The maximum absolute atomic E-state index is 12.2. The fourth-order valence-corrected chi connectivity index (χ4v) is 2.77. The van der Waals surface area contributed by atoms with Gasteiger partial charge in [-0.15, -0.1) is 11.3 Å². The third kappa shape index (κ3) is 4.33. The Kier molecular flexibility index (Phi) is 5.40. The molecule has 0 aliphatic rings. The smallest absolute Gasteiger partial charge is 0.261 e. The molecule has 1 atom stereocenters. The van der Waals surface area contributed by atoms with Crippen molar-refractivity contribution in [3.05, 3.63) is 56.7 Å². The predicted molar refractivity (Wildman–Crippen MR) is 87.6 cm³/mol. The highest BCUT2D eigenvalue weighted by molar-refractivity contribution is 7.14. The van der Waals surface area contributed by atoms with Crippen LogP contribution in [0.4, 0.5) is 0 Å². The van der Waals surface area contributed by atoms with Crippen LogP contribution in [0.5, 0.6) is 0 Å². The molecule has 1 unspecified atom stereocenters. The van der Waals surface area contributed by atoms with Crippen molar-refractivity contribution in [2.24, 2.45) is 5.73 Å². The van der Waals surface area contributed by atoms with Crippen molar-refractivity contribution in [1.82, 2.24) is 5.32 Å². The molecule has 5 heteroatoms. The molecule has 3 nitrogen and oxygen atoms in total. The Bertz CT molecular complexity index is 700. The lowest BCUT2D eigenvalue weighted by molar-refractivity contribution is 0.0944. The summed E-state index contributed by atoms with van der Waals surface area (Å²) in [6.07, 6.45) is 0. The van der Waals surface area contributed by atoms with Gasteiger partial charge in [-0.3, -0.25) is 4.79 Å². The van der Waals surface area contributed by atoms with Gasteiger partial charge in [0.15, 0.2) is 0 Å². The average molecular weight is 319 g/mol. The zero-order chi connectivity index (χ0) is 15.2. The fraction of sp³-hybridized carbons (Fsp3) is 0.188. The van der Waals surface area contributed by atoms with Crippen molar-refractivity contribution in [3.63, 3.8) is 0 Å². The van der Waals surface area contributed by atoms with E-state index in [4.69, 9.17) is 17.3 Å². The number of nitrogens with two attached hydrogens (primary N) is 1. The molecule has 1 aromatic carbocycles. The van der Waals surface area contributed by atoms with E-state index >= 15 is 0 Å². The number of carbonyl (C=O) groups excluding carboxylic acids is 1. The molecule has 0 saturated carbocycles. The standard InChI is InChI=1S/C16H15ClN2OS/c1-11(12-4-2-5-13(17)10-12)19-16(20)15-8-7-14(21-15)6-3-9-18/h2,4-5,7-8,10-11H,9,18H2,1H3,(H,19,20). The summed E-state index contributed by atoms with van der Waals surface area (Å²) in [5.74, 6) is 5.57. The topological polar surface area (TPSA) is 55.1 Å². The Morgan fingerprint density at radius 1 is 1.43 bits per heavy atom. The molecule has 0 spiro atoms. The molecular weight excluding hydrogens is 304 g/mol. The average Bonchev–Trinajstić information content (AvgIpc) is 2.94. The summed E-state index contributed by atoms with van der Waals surface area (Å²) in [6.45, 7) is 2.23. The first-order valence-electron chi connectivity index (χ1n) is 6.45. The Labute approximate surface area is 133 Å². The molecule has 0 radical (unpaired) electrons. The summed E-state index contributed by atoms with van der Waals surface area (Å²) in [4.78, 5) is 13.7. The van der Waals surface area contributed by atoms with Crippen molar-refractivity contribution in [2.45, 2.75) is 13.0 Å². The van der Waals surface area contributed by atoms with Crippen LogP contribution in [0.2, 0.25) is 5.02 Å². The van der Waals surface area contributed by atoms with Gasteiger partial charge in [-0.05, 0) is 36.8 Å². The Hall–Kier alpha value is -1.80. The molecule has 2 rings (SSSR count). The SMILES string of the molecule is CC(NC(=O)c1ccc(C#CCN)s1)c1cccc(Cl)c1. The van der Waals surface area contributed by atoms with E-state index in [9.17, 15) is 4.79 Å². The zero-order valence-corrected chi connectivity index (χ0v) is 13.1. The second-order valence-corrected chi connectivity index (χ2v) is 5.94. The van der Waals surface area contributed by atoms with Crippen LogP contribution < -0.4 is 11.1 Å². The van der Waals surface area contributed by atoms with Crippen LogP contribution in [0.3, 0.4) is 0 Å². The Morgan fingerprint density at radius 2 is 2.24 bits per heavy atom. The lowest BCUT2D eigenvalue weighted by Crippen LogP contribution is -2.25. The van der Waals surface area contributed by atoms with E-state index in [-0.39, 0.29) is 11.9 Å². The monoisotopic (exact) mass is 318 g/mol. The van der Waals surface area contributed by atoms with Gasteiger partial charge in [0, 0.05) is 5.02 Å². The first-order chi connectivity index (χ1) is 10.1. The van der Waals surface area contributed by atoms with E-state index in [2.05, 4.69) is 17.2 Å². The Morgan fingerprint density at radius 3 is 2.95 bits per heavy atom. The number of nitrogens with one attached hydrogen (secondary N) is 1. The molecule has 0 aliphatic carbocycles. The van der Waals surface area contributed by atoms with Crippen LogP contribution in [0.15, 0.2) is 36.4 Å². The molecule has 1 amide bonds. The maximum Gasteiger partial charge on any atom is 0.261 e. The number of hydrogen-bond acceptors (Lipinski definition) is 3. The molecule has 2 aromatic rings. The minimum Gasteiger partial charge on any atom is -0.345 e. The Balaban J connectivity index is 2.05. The second-order valence-electron chi connectivity index (χ2n) is 4.42. The quantitative estimate of drug-likeness (QED) is 0.854. The number of hydrogen-bond donors (Lipinski definition) is 2. The molecule has 0 aliphatic heterocycles. The summed E-state index contributed by atoms with van der Waals surface area (Å²) < 4.78 is 0. The summed E-state index contributed by atoms with van der Waals surface area (Å²) in [5, 5.41) is 3.61. The molecule has 1 aromatic heterocycles. The largest absolute Gasteiger partial charge is 0.345 e. The van der Waals surface area contributed by atoms with Crippen molar-refractivity contribution >= 4 is 28.8 Å². The zero-order valence-electron chi connectivity index (χ0n) is 11.5. The lowest BCUT2D eigenvalue weighted by atomic mass is 10.1. The van der Waals surface area contributed by atoms with E-state index in [1.807, 2.05) is 31.2 Å². The molecule has 0 bridgehead atoms. The fourth-order valence-electron chi connectivity index (χ4n) is 1.79. The van der Waals surface area contributed by atoms with E-state index in [0.29, 0.717) is 16.4 Å². The summed E-state index contributed by atoms with van der Waals surface area (Å²) >= 11 is 7.31. The van der Waals surface area contributed by atoms with Crippen molar-refractivity contribution in [2.75, 3.05) is 6.54 Å². The second kappa shape index (κ2) is 7.28. The van der Waals surface area contributed by atoms with Crippen molar-refractivity contribution in [1.29, 1.82) is 0 Å². The third-order valence-corrected chi connectivity index (χ3v) is 4.07. The predicted octanol–water partition coefficient (Wildman–Crippen LogP) is 3.20. The highest BCUT2D eigenvalue weighted by Gasteiger charge is 2.13. The van der Waals surface area contributed by atoms with Gasteiger partial charge < -0.3 is 11.1 Å². The van der Waals surface area contributed by atoms with Crippen molar-refractivity contribution < 1.29 is 4.79 Å². The minimum atomic E-state index is -0.117. The van der Waals surface area contributed by atoms with Crippen LogP contribution >= 0.6 is 22.9 Å². The minimum absolute atomic E-state index is 0.114. The van der Waals surface area contributed by atoms with Crippen LogP contribution in [0, 0.1) is 11.8 Å². The number of thiophene rings is 1. The number of rotatable bonds is 3. The molecule has 108 valence electrons. The third-order valence-electron chi connectivity index (χ3n) is 2.84. The normalized spacial score (nSPS) is 11.4. The first kappa shape index (κ1) is 15.6. The van der Waals surface area contributed by atoms with E-state index in [1.165, 1.54) is 11.3 Å². The van der Waals surface area contributed by atoms with Crippen LogP contribution in [0.25, 0.3) is 0 Å². The van der Waals surface area contributed by atoms with E-state index in [0.717, 1.165) is 10.4 Å². The summed E-state index contributed by atoms with van der Waals surface area (Å²) in [7, 11) is 0. The summed E-state index contributed by atoms with van der Waals surface area (Å²) in [6, 6.07) is 10.9. The van der Waals surface area contributed by atoms with Gasteiger partial charge in [-0.1, -0.05) is 35.6 Å². The van der Waals surface area contributed by atoms with Gasteiger partial charge in [0.2, 0.25) is 0 Å². The summed E-state index contributed by atoms with van der Waals surface area (Å²) in [5.41, 5.74) is 6.29. The van der Waals surface area contributed by atoms with Crippen LogP contribution in [0.1, 0.15) is 33.1 Å². The van der Waals surface area contributed by atoms with Gasteiger partial charge in [-0.2, -0.15) is 0 Å². The van der Waals surface area contributed by atoms with E-state index in [1.54, 1.807) is 12.1 Å². The van der Waals surface area contributed by atoms with Gasteiger partial charge >= 0.3 is 0 Å². The first-order valence-corrected chi connectivity index (χ1v) is 7.64. The van der Waals surface area contributed by atoms with Crippen molar-refractivity contribution in [3.8, 4) is 11.8 Å². The lowest BCUT2D eigenvalue weighted by Gasteiger charge is -2.13. The van der Waals surface area contributed by atoms with Gasteiger partial charge in [0.05, 0.1) is 22.3 Å². The van der Waals surface area contributed by atoms with Gasteiger partial charge in [0.25, 0.3) is 5.91 Å². The number of halogens is 1. The molecule has 0 saturated heterocycles. The maximum atomic E-state index is 12.2. The van der Waals surface area contributed by atoms with Gasteiger partial charge in [-0.25, -0.2) is 0 Å².